The lowest BCUT2D eigenvalue weighted by Crippen LogP contribution is -2.47. The second-order valence-electron chi connectivity index (χ2n) is 4.73. The van der Waals surface area contributed by atoms with Gasteiger partial charge in [-0.25, -0.2) is 0 Å². The molecule has 2 aliphatic heterocycles. The molecule has 0 amide bonds. The monoisotopic (exact) mass is 199 g/mol. The van der Waals surface area contributed by atoms with E-state index in [-0.39, 0.29) is 5.54 Å². The standard InChI is InChI=1S/C11H21NO2/c12-11(3-7-14-8-4-11)9-10-1-5-13-6-2-10/h10H,1-9,12H2. The second kappa shape index (κ2) is 4.60. The van der Waals surface area contributed by atoms with Crippen molar-refractivity contribution in [2.75, 3.05) is 26.4 Å². The third-order valence-electron chi connectivity index (χ3n) is 3.52. The highest BCUT2D eigenvalue weighted by atomic mass is 16.5. The number of rotatable bonds is 2. The molecule has 0 aromatic rings. The molecule has 0 saturated carbocycles. The number of nitrogens with two attached hydrogens (primary N) is 1. The third-order valence-corrected chi connectivity index (χ3v) is 3.52. The SMILES string of the molecule is NC1(CC2CCOCC2)CCOCC1. The van der Waals surface area contributed by atoms with Crippen molar-refractivity contribution in [2.45, 2.75) is 37.6 Å². The van der Waals surface area contributed by atoms with E-state index in [1.54, 1.807) is 0 Å². The van der Waals surface area contributed by atoms with Crippen LogP contribution in [0.25, 0.3) is 0 Å². The first-order valence-corrected chi connectivity index (χ1v) is 5.73. The van der Waals surface area contributed by atoms with Crippen molar-refractivity contribution in [1.82, 2.24) is 0 Å². The molecular formula is C11H21NO2. The van der Waals surface area contributed by atoms with Crippen LogP contribution in [0.2, 0.25) is 0 Å². The summed E-state index contributed by atoms with van der Waals surface area (Å²) in [4.78, 5) is 0. The van der Waals surface area contributed by atoms with Gasteiger partial charge in [0.15, 0.2) is 0 Å². The largest absolute Gasteiger partial charge is 0.381 e. The second-order valence-corrected chi connectivity index (χ2v) is 4.73. The predicted molar refractivity (Wildman–Crippen MR) is 55.1 cm³/mol. The minimum absolute atomic E-state index is 0.0558. The highest BCUT2D eigenvalue weighted by Crippen LogP contribution is 2.30. The van der Waals surface area contributed by atoms with E-state index in [4.69, 9.17) is 15.2 Å². The minimum Gasteiger partial charge on any atom is -0.381 e. The van der Waals surface area contributed by atoms with Crippen molar-refractivity contribution in [2.24, 2.45) is 11.7 Å². The van der Waals surface area contributed by atoms with Gasteiger partial charge in [-0.1, -0.05) is 0 Å². The molecule has 2 fully saturated rings. The molecule has 0 spiro atoms. The Kier molecular flexibility index (Phi) is 3.42. The van der Waals surface area contributed by atoms with E-state index < -0.39 is 0 Å². The zero-order chi connectivity index (χ0) is 9.86. The Balaban J connectivity index is 1.81. The molecule has 0 atom stereocenters. The number of hydrogen-bond donors (Lipinski definition) is 1. The molecule has 0 aromatic carbocycles. The average Bonchev–Trinajstić information content (AvgIpc) is 2.19. The van der Waals surface area contributed by atoms with Crippen molar-refractivity contribution in [3.8, 4) is 0 Å². The lowest BCUT2D eigenvalue weighted by molar-refractivity contribution is 0.0219. The van der Waals surface area contributed by atoms with E-state index in [0.717, 1.165) is 45.2 Å². The van der Waals surface area contributed by atoms with Crippen molar-refractivity contribution >= 4 is 0 Å². The molecule has 2 saturated heterocycles. The van der Waals surface area contributed by atoms with E-state index in [1.807, 2.05) is 0 Å². The Labute approximate surface area is 85.9 Å². The van der Waals surface area contributed by atoms with Crippen LogP contribution in [0.5, 0.6) is 0 Å². The van der Waals surface area contributed by atoms with Gasteiger partial charge in [-0.2, -0.15) is 0 Å². The lowest BCUT2D eigenvalue weighted by Gasteiger charge is -2.37. The maximum Gasteiger partial charge on any atom is 0.0483 e. The average molecular weight is 199 g/mol. The third kappa shape index (κ3) is 2.69. The van der Waals surface area contributed by atoms with Crippen LogP contribution in [0.3, 0.4) is 0 Å². The zero-order valence-corrected chi connectivity index (χ0v) is 8.84. The molecular weight excluding hydrogens is 178 g/mol. The summed E-state index contributed by atoms with van der Waals surface area (Å²) >= 11 is 0. The van der Waals surface area contributed by atoms with Crippen LogP contribution in [0.15, 0.2) is 0 Å². The van der Waals surface area contributed by atoms with Crippen LogP contribution in [0, 0.1) is 5.92 Å². The first-order valence-electron chi connectivity index (χ1n) is 5.73. The summed E-state index contributed by atoms with van der Waals surface area (Å²) in [6.07, 6.45) is 5.62. The first-order chi connectivity index (χ1) is 6.79. The molecule has 3 heteroatoms. The molecule has 14 heavy (non-hydrogen) atoms. The molecule has 0 aromatic heterocycles. The summed E-state index contributed by atoms with van der Waals surface area (Å²) < 4.78 is 10.7. The molecule has 2 N–H and O–H groups in total. The smallest absolute Gasteiger partial charge is 0.0483 e. The Morgan fingerprint density at radius 2 is 1.57 bits per heavy atom. The van der Waals surface area contributed by atoms with E-state index >= 15 is 0 Å². The molecule has 0 aliphatic carbocycles. The molecule has 2 rings (SSSR count). The molecule has 0 radical (unpaired) electrons. The molecule has 2 aliphatic rings. The summed E-state index contributed by atoms with van der Waals surface area (Å²) in [7, 11) is 0. The summed E-state index contributed by atoms with van der Waals surface area (Å²) in [5.74, 6) is 0.784. The highest BCUT2D eigenvalue weighted by Gasteiger charge is 2.31. The molecule has 0 unspecified atom stereocenters. The first kappa shape index (κ1) is 10.4. The van der Waals surface area contributed by atoms with Gasteiger partial charge in [0.05, 0.1) is 0 Å². The summed E-state index contributed by atoms with van der Waals surface area (Å²) in [5, 5.41) is 0. The van der Waals surface area contributed by atoms with Gasteiger partial charge in [0.25, 0.3) is 0 Å². The predicted octanol–water partition coefficient (Wildman–Crippen LogP) is 1.31. The summed E-state index contributed by atoms with van der Waals surface area (Å²) in [6.45, 7) is 3.55. The van der Waals surface area contributed by atoms with Gasteiger partial charge < -0.3 is 15.2 Å². The topological polar surface area (TPSA) is 44.5 Å². The lowest BCUT2D eigenvalue weighted by atomic mass is 9.79. The van der Waals surface area contributed by atoms with Crippen LogP contribution in [-0.2, 0) is 9.47 Å². The van der Waals surface area contributed by atoms with Crippen LogP contribution in [0.4, 0.5) is 0 Å². The van der Waals surface area contributed by atoms with Crippen LogP contribution in [-0.4, -0.2) is 32.0 Å². The maximum atomic E-state index is 6.37. The Morgan fingerprint density at radius 3 is 2.21 bits per heavy atom. The summed E-state index contributed by atoms with van der Waals surface area (Å²) in [6, 6.07) is 0. The molecule has 2 heterocycles. The van der Waals surface area contributed by atoms with Gasteiger partial charge in [0, 0.05) is 32.0 Å². The van der Waals surface area contributed by atoms with Gasteiger partial charge in [0.1, 0.15) is 0 Å². The molecule has 3 nitrogen and oxygen atoms in total. The number of hydrogen-bond acceptors (Lipinski definition) is 3. The van der Waals surface area contributed by atoms with Crippen molar-refractivity contribution < 1.29 is 9.47 Å². The van der Waals surface area contributed by atoms with Crippen LogP contribution in [0.1, 0.15) is 32.1 Å². The van der Waals surface area contributed by atoms with Gasteiger partial charge in [-0.15, -0.1) is 0 Å². The molecule has 82 valence electrons. The van der Waals surface area contributed by atoms with E-state index in [2.05, 4.69) is 0 Å². The van der Waals surface area contributed by atoms with Gasteiger partial charge in [-0.05, 0) is 38.0 Å². The summed E-state index contributed by atoms with van der Waals surface area (Å²) in [5.41, 5.74) is 6.42. The Bertz CT molecular complexity index is 172. The van der Waals surface area contributed by atoms with Crippen molar-refractivity contribution in [1.29, 1.82) is 0 Å². The highest BCUT2D eigenvalue weighted by molar-refractivity contribution is 4.89. The minimum atomic E-state index is 0.0558. The van der Waals surface area contributed by atoms with Crippen LogP contribution < -0.4 is 5.73 Å². The maximum absolute atomic E-state index is 6.37. The zero-order valence-electron chi connectivity index (χ0n) is 8.84. The van der Waals surface area contributed by atoms with E-state index in [0.29, 0.717) is 0 Å². The molecule has 0 bridgehead atoms. The fraction of sp³-hybridized carbons (Fsp3) is 1.00. The van der Waals surface area contributed by atoms with Gasteiger partial charge in [-0.3, -0.25) is 0 Å². The van der Waals surface area contributed by atoms with E-state index in [9.17, 15) is 0 Å². The Morgan fingerprint density at radius 1 is 1.00 bits per heavy atom. The fourth-order valence-electron chi connectivity index (χ4n) is 2.51. The fourth-order valence-corrected chi connectivity index (χ4v) is 2.51. The van der Waals surface area contributed by atoms with E-state index in [1.165, 1.54) is 19.3 Å². The van der Waals surface area contributed by atoms with Gasteiger partial charge in [0.2, 0.25) is 0 Å². The quantitative estimate of drug-likeness (QED) is 0.729. The normalized spacial score (nSPS) is 28.9. The van der Waals surface area contributed by atoms with Crippen LogP contribution >= 0.6 is 0 Å². The Hall–Kier alpha value is -0.120. The van der Waals surface area contributed by atoms with Crippen molar-refractivity contribution in [3.05, 3.63) is 0 Å². The van der Waals surface area contributed by atoms with Gasteiger partial charge >= 0.3 is 0 Å². The number of ether oxygens (including phenoxy) is 2. The van der Waals surface area contributed by atoms with Crippen molar-refractivity contribution in [3.63, 3.8) is 0 Å².